The summed E-state index contributed by atoms with van der Waals surface area (Å²) >= 11 is 0.128. The van der Waals surface area contributed by atoms with Crippen LogP contribution in [0.15, 0.2) is 122 Å². The number of nitrogens with zero attached hydrogens (tertiary/aromatic N) is 2. The molecule has 0 bridgehead atoms. The summed E-state index contributed by atoms with van der Waals surface area (Å²) in [5, 5.41) is 2.62. The zero-order valence-electron chi connectivity index (χ0n) is 28.5. The molecule has 249 valence electrons. The summed E-state index contributed by atoms with van der Waals surface area (Å²) in [6.07, 6.45) is 12.1. The monoisotopic (exact) mass is 897 g/mol. The van der Waals surface area contributed by atoms with E-state index in [-0.39, 0.29) is 20.1 Å². The molecule has 0 amide bonds. The molecule has 7 aromatic rings. The molecule has 0 saturated heterocycles. The van der Waals surface area contributed by atoms with Crippen LogP contribution in [0.3, 0.4) is 0 Å². The first-order chi connectivity index (χ1) is 23.4. The molecule has 1 aliphatic rings. The van der Waals surface area contributed by atoms with Crippen LogP contribution >= 0.6 is 11.3 Å². The molecule has 0 aliphatic heterocycles. The van der Waals surface area contributed by atoms with Crippen molar-refractivity contribution in [3.05, 3.63) is 139 Å². The molecule has 5 heteroatoms. The number of pyridine rings is 2. The first-order valence-electron chi connectivity index (χ1n) is 17.2. The molecule has 1 aliphatic carbocycles. The van der Waals surface area contributed by atoms with Gasteiger partial charge in [0.25, 0.3) is 0 Å². The van der Waals surface area contributed by atoms with Crippen LogP contribution in [0, 0.1) is 18.1 Å². The van der Waals surface area contributed by atoms with E-state index in [1.165, 1.54) is 79.8 Å². The Bertz CT molecular complexity index is 2110. The van der Waals surface area contributed by atoms with Crippen LogP contribution in [0.5, 0.6) is 0 Å². The van der Waals surface area contributed by atoms with Gasteiger partial charge in [0.05, 0.1) is 0 Å². The van der Waals surface area contributed by atoms with Gasteiger partial charge in [-0.3, -0.25) is 0 Å². The fourth-order valence-corrected chi connectivity index (χ4v) is 9.92. The Balaban J connectivity index is 0.000000208. The number of rotatable bonds is 6. The Labute approximate surface area is 311 Å². The topological polar surface area (TPSA) is 25.8 Å². The maximum Gasteiger partial charge on any atom is 0.0240 e. The number of thiophene rings is 1. The van der Waals surface area contributed by atoms with Crippen molar-refractivity contribution in [2.75, 3.05) is 0 Å². The van der Waals surface area contributed by atoms with Gasteiger partial charge in [0.15, 0.2) is 0 Å². The van der Waals surface area contributed by atoms with Crippen molar-refractivity contribution in [3.63, 3.8) is 0 Å². The van der Waals surface area contributed by atoms with Gasteiger partial charge in [-0.15, -0.1) is 23.8 Å². The van der Waals surface area contributed by atoms with Crippen molar-refractivity contribution in [3.8, 4) is 33.6 Å². The summed E-state index contributed by atoms with van der Waals surface area (Å²) in [6, 6.07) is 45.4. The number of aromatic nitrogens is 2. The standard InChI is InChI=1S/C30H26NS.C14H16GeN.Ir/c1-3-7-21(8-4-1)17-22-15-16-31-28(18-22)25-12-14-30-27(20-25)26-19-24(11-13-29(26)32-30)23-9-5-2-6-10-23;1-15(2,3)13-9-10-14(16-11-13)12-7-5-4-6-8-12;/h2,5-6,9-11,13-16,18-21H,1,3-4,7-8,17H2;4-7,9-11H,1-3H3;/q2*-1;. The van der Waals surface area contributed by atoms with Crippen LogP contribution in [0.4, 0.5) is 0 Å². The molecule has 0 spiro atoms. The molecular formula is C44H42GeIrN2S-2. The Hall–Kier alpha value is -3.41. The van der Waals surface area contributed by atoms with Crippen molar-refractivity contribution in [1.82, 2.24) is 9.97 Å². The number of benzene rings is 4. The maximum absolute atomic E-state index is 4.71. The van der Waals surface area contributed by atoms with Crippen molar-refractivity contribution in [1.29, 1.82) is 0 Å². The molecule has 1 radical (unpaired) electrons. The summed E-state index contributed by atoms with van der Waals surface area (Å²) in [5.41, 5.74) is 8.14. The fourth-order valence-electron chi connectivity index (χ4n) is 6.70. The summed E-state index contributed by atoms with van der Waals surface area (Å²) in [4.78, 5) is 9.24. The second-order valence-electron chi connectivity index (χ2n) is 14.0. The predicted octanol–water partition coefficient (Wildman–Crippen LogP) is 11.8. The van der Waals surface area contributed by atoms with Gasteiger partial charge >= 0.3 is 99.8 Å². The van der Waals surface area contributed by atoms with E-state index in [0.29, 0.717) is 0 Å². The van der Waals surface area contributed by atoms with E-state index in [4.69, 9.17) is 4.98 Å². The second kappa shape index (κ2) is 16.1. The quantitative estimate of drug-likeness (QED) is 0.123. The third-order valence-corrected chi connectivity index (χ3v) is 14.9. The van der Waals surface area contributed by atoms with Crippen LogP contribution in [0.1, 0.15) is 37.7 Å². The van der Waals surface area contributed by atoms with Crippen molar-refractivity contribution in [2.24, 2.45) is 5.92 Å². The minimum atomic E-state index is -1.72. The molecule has 3 heterocycles. The zero-order chi connectivity index (χ0) is 32.9. The van der Waals surface area contributed by atoms with E-state index in [1.807, 2.05) is 48.0 Å². The Morgan fingerprint density at radius 2 is 1.49 bits per heavy atom. The van der Waals surface area contributed by atoms with Crippen molar-refractivity contribution in [2.45, 2.75) is 55.8 Å². The molecule has 4 aromatic carbocycles. The summed E-state index contributed by atoms with van der Waals surface area (Å²) in [5.74, 6) is 7.98. The van der Waals surface area contributed by atoms with Crippen molar-refractivity contribution >= 4 is 49.2 Å². The van der Waals surface area contributed by atoms with Gasteiger partial charge < -0.3 is 4.98 Å². The Morgan fingerprint density at radius 1 is 0.694 bits per heavy atom. The number of fused-ring (bicyclic) bond motifs is 3. The van der Waals surface area contributed by atoms with Crippen LogP contribution in [0.2, 0.25) is 17.3 Å². The molecular weight excluding hydrogens is 853 g/mol. The van der Waals surface area contributed by atoms with E-state index >= 15 is 0 Å². The van der Waals surface area contributed by atoms with E-state index < -0.39 is 13.3 Å². The van der Waals surface area contributed by atoms with E-state index in [9.17, 15) is 0 Å². The normalized spacial score (nSPS) is 13.4. The molecule has 1 fully saturated rings. The van der Waals surface area contributed by atoms with Gasteiger partial charge in [-0.25, -0.2) is 0 Å². The Morgan fingerprint density at radius 3 is 2.22 bits per heavy atom. The summed E-state index contributed by atoms with van der Waals surface area (Å²) < 4.78 is 4.05. The third kappa shape index (κ3) is 8.67. The van der Waals surface area contributed by atoms with Crippen LogP contribution in [0.25, 0.3) is 53.8 Å². The summed E-state index contributed by atoms with van der Waals surface area (Å²) in [6.45, 7) is 0. The maximum atomic E-state index is 4.71. The average molecular weight is 896 g/mol. The SMILES string of the molecule is [CH3][Ge]([CH3])([CH3])[c]1ccc(-c2[c-]cccc2)nc1.[Ir].[c-]1cc2sc3ccc(-c4ccccc4)cc3c2cc1-c1cc(CC2CCCCC2)ccn1. The minimum Gasteiger partial charge on any atom is -0.305 e. The smallest absolute Gasteiger partial charge is 0.0240 e. The van der Waals surface area contributed by atoms with Crippen LogP contribution in [-0.2, 0) is 26.5 Å². The summed E-state index contributed by atoms with van der Waals surface area (Å²) in [7, 11) is 0. The van der Waals surface area contributed by atoms with Crippen LogP contribution in [-0.4, -0.2) is 23.2 Å². The molecule has 49 heavy (non-hydrogen) atoms. The molecule has 2 nitrogen and oxygen atoms in total. The van der Waals surface area contributed by atoms with Crippen molar-refractivity contribution < 1.29 is 20.1 Å². The molecule has 0 N–H and O–H groups in total. The molecule has 0 atom stereocenters. The third-order valence-electron chi connectivity index (χ3n) is 9.47. The zero-order valence-corrected chi connectivity index (χ0v) is 33.8. The van der Waals surface area contributed by atoms with E-state index in [1.54, 1.807) is 0 Å². The number of hydrogen-bond acceptors (Lipinski definition) is 3. The molecule has 0 unspecified atom stereocenters. The van der Waals surface area contributed by atoms with Crippen LogP contribution < -0.4 is 4.40 Å². The van der Waals surface area contributed by atoms with Gasteiger partial charge in [0.1, 0.15) is 0 Å². The van der Waals surface area contributed by atoms with Gasteiger partial charge in [-0.1, -0.05) is 85.5 Å². The number of hydrogen-bond donors (Lipinski definition) is 0. The molecule has 8 rings (SSSR count). The first kappa shape index (κ1) is 35.4. The van der Waals surface area contributed by atoms with Gasteiger partial charge in [-0.05, 0) is 57.4 Å². The Kier molecular flexibility index (Phi) is 11.6. The first-order valence-corrected chi connectivity index (χ1v) is 25.4. The van der Waals surface area contributed by atoms with Gasteiger partial charge in [-0.2, -0.15) is 11.3 Å². The molecule has 3 aromatic heterocycles. The van der Waals surface area contributed by atoms with Gasteiger partial charge in [0, 0.05) is 31.0 Å². The van der Waals surface area contributed by atoms with Gasteiger partial charge in [0.2, 0.25) is 0 Å². The molecule has 1 saturated carbocycles. The average Bonchev–Trinajstić information content (AvgIpc) is 3.50. The van der Waals surface area contributed by atoms with E-state index in [0.717, 1.165) is 28.4 Å². The largest absolute Gasteiger partial charge is 0.305 e. The second-order valence-corrected chi connectivity index (χ2v) is 25.8. The fraction of sp³-hybridized carbons (Fsp3) is 0.227. The minimum absolute atomic E-state index is 0. The van der Waals surface area contributed by atoms with E-state index in [2.05, 4.69) is 119 Å². The predicted molar refractivity (Wildman–Crippen MR) is 209 cm³/mol.